The van der Waals surface area contributed by atoms with Crippen LogP contribution in [0.5, 0.6) is 0 Å². The molecular weight excluding hydrogens is 265 g/mol. The van der Waals surface area contributed by atoms with Gasteiger partial charge in [-0.2, -0.15) is 0 Å². The topological polar surface area (TPSA) is 63.3 Å². The Morgan fingerprint density at radius 1 is 1.67 bits per heavy atom. The van der Waals surface area contributed by atoms with Gasteiger partial charge in [-0.3, -0.25) is 4.79 Å². The van der Waals surface area contributed by atoms with Gasteiger partial charge in [0, 0.05) is 11.0 Å². The predicted octanol–water partition coefficient (Wildman–Crippen LogP) is 2.02. The van der Waals surface area contributed by atoms with Crippen LogP contribution in [0.25, 0.3) is 0 Å². The highest BCUT2D eigenvalue weighted by molar-refractivity contribution is 9.10. The molecule has 3 N–H and O–H groups in total. The molecule has 0 bridgehead atoms. The van der Waals surface area contributed by atoms with Gasteiger partial charge in [0.15, 0.2) is 0 Å². The largest absolute Gasteiger partial charge is 0.481 e. The fourth-order valence-electron chi connectivity index (χ4n) is 1.25. The van der Waals surface area contributed by atoms with Gasteiger partial charge in [0.1, 0.15) is 5.82 Å². The summed E-state index contributed by atoms with van der Waals surface area (Å²) in [6.07, 6.45) is 0. The molecule has 15 heavy (non-hydrogen) atoms. The van der Waals surface area contributed by atoms with E-state index in [1.54, 1.807) is 13.0 Å². The summed E-state index contributed by atoms with van der Waals surface area (Å²) in [6.45, 7) is 1.56. The van der Waals surface area contributed by atoms with Crippen LogP contribution in [-0.2, 0) is 4.79 Å². The highest BCUT2D eigenvalue weighted by atomic mass is 79.9. The van der Waals surface area contributed by atoms with Crippen LogP contribution in [0.3, 0.4) is 0 Å². The fraction of sp³-hybridized carbons (Fsp3) is 0.300. The van der Waals surface area contributed by atoms with Crippen molar-refractivity contribution in [1.29, 1.82) is 0 Å². The summed E-state index contributed by atoms with van der Waals surface area (Å²) in [5.41, 5.74) is 6.16. The number of halogens is 2. The molecule has 0 saturated carbocycles. The third-order valence-electron chi connectivity index (χ3n) is 2.24. The van der Waals surface area contributed by atoms with E-state index in [1.807, 2.05) is 0 Å². The van der Waals surface area contributed by atoms with Gasteiger partial charge in [0.25, 0.3) is 0 Å². The minimum absolute atomic E-state index is 0.0513. The van der Waals surface area contributed by atoms with Gasteiger partial charge in [0.2, 0.25) is 0 Å². The second-order valence-electron chi connectivity index (χ2n) is 3.24. The number of nitrogens with two attached hydrogens (primary N) is 1. The Morgan fingerprint density at radius 3 is 2.67 bits per heavy atom. The number of hydrogen-bond donors (Lipinski definition) is 2. The standard InChI is InChI=1S/C10H11BrFNO2/c1-5-8(11)2-6(3-9(5)12)7(4-13)10(14)15/h2-3,7H,4,13H2,1H3,(H,14,15). The van der Waals surface area contributed by atoms with E-state index in [-0.39, 0.29) is 6.54 Å². The average Bonchev–Trinajstić information content (AvgIpc) is 2.14. The zero-order valence-corrected chi connectivity index (χ0v) is 9.71. The number of carbonyl (C=O) groups is 1. The monoisotopic (exact) mass is 275 g/mol. The third-order valence-corrected chi connectivity index (χ3v) is 3.06. The van der Waals surface area contributed by atoms with Crippen molar-refractivity contribution in [3.63, 3.8) is 0 Å². The summed E-state index contributed by atoms with van der Waals surface area (Å²) >= 11 is 3.17. The smallest absolute Gasteiger partial charge is 0.312 e. The second kappa shape index (κ2) is 4.72. The molecule has 0 heterocycles. The molecule has 82 valence electrons. The maximum Gasteiger partial charge on any atom is 0.312 e. The lowest BCUT2D eigenvalue weighted by molar-refractivity contribution is -0.138. The Morgan fingerprint density at radius 2 is 2.27 bits per heavy atom. The van der Waals surface area contributed by atoms with Crippen LogP contribution in [0.4, 0.5) is 4.39 Å². The molecule has 0 amide bonds. The normalized spacial score (nSPS) is 12.5. The lowest BCUT2D eigenvalue weighted by Gasteiger charge is -2.12. The first-order valence-electron chi connectivity index (χ1n) is 4.35. The summed E-state index contributed by atoms with van der Waals surface area (Å²) in [7, 11) is 0. The van der Waals surface area contributed by atoms with Gasteiger partial charge in [-0.05, 0) is 30.2 Å². The number of carboxylic acids is 1. The lowest BCUT2D eigenvalue weighted by Crippen LogP contribution is -2.21. The van der Waals surface area contributed by atoms with E-state index in [2.05, 4.69) is 15.9 Å². The SMILES string of the molecule is Cc1c(F)cc(C(CN)C(=O)O)cc1Br. The van der Waals surface area contributed by atoms with Gasteiger partial charge >= 0.3 is 5.97 Å². The minimum Gasteiger partial charge on any atom is -0.481 e. The Balaban J connectivity index is 3.20. The van der Waals surface area contributed by atoms with Gasteiger partial charge < -0.3 is 10.8 Å². The van der Waals surface area contributed by atoms with Crippen molar-refractivity contribution in [2.45, 2.75) is 12.8 Å². The predicted molar refractivity (Wildman–Crippen MR) is 58.3 cm³/mol. The van der Waals surface area contributed by atoms with Crippen LogP contribution in [0.1, 0.15) is 17.0 Å². The Hall–Kier alpha value is -0.940. The quantitative estimate of drug-likeness (QED) is 0.887. The maximum atomic E-state index is 13.3. The van der Waals surface area contributed by atoms with E-state index in [9.17, 15) is 9.18 Å². The van der Waals surface area contributed by atoms with E-state index in [0.717, 1.165) is 0 Å². The van der Waals surface area contributed by atoms with Crippen LogP contribution in [-0.4, -0.2) is 17.6 Å². The summed E-state index contributed by atoms with van der Waals surface area (Å²) in [4.78, 5) is 10.8. The molecule has 0 radical (unpaired) electrons. The third kappa shape index (κ3) is 2.54. The Kier molecular flexibility index (Phi) is 3.82. The molecular formula is C10H11BrFNO2. The summed E-state index contributed by atoms with van der Waals surface area (Å²) in [5.74, 6) is -2.34. The zero-order valence-electron chi connectivity index (χ0n) is 8.13. The van der Waals surface area contributed by atoms with Crippen LogP contribution < -0.4 is 5.73 Å². The van der Waals surface area contributed by atoms with Gasteiger partial charge in [0.05, 0.1) is 5.92 Å². The number of benzene rings is 1. The van der Waals surface area contributed by atoms with Gasteiger partial charge in [-0.25, -0.2) is 4.39 Å². The molecule has 1 aromatic rings. The van der Waals surface area contributed by atoms with Crippen LogP contribution >= 0.6 is 15.9 Å². The van der Waals surface area contributed by atoms with Crippen molar-refractivity contribution in [2.24, 2.45) is 5.73 Å². The van der Waals surface area contributed by atoms with Crippen LogP contribution in [0.2, 0.25) is 0 Å². The number of aliphatic carboxylic acids is 1. The van der Waals surface area contributed by atoms with Crippen LogP contribution in [0.15, 0.2) is 16.6 Å². The van der Waals surface area contributed by atoms with Crippen molar-refractivity contribution in [2.75, 3.05) is 6.54 Å². The fourth-order valence-corrected chi connectivity index (χ4v) is 1.70. The van der Waals surface area contributed by atoms with E-state index in [4.69, 9.17) is 10.8 Å². The molecule has 3 nitrogen and oxygen atoms in total. The first kappa shape index (κ1) is 12.1. The molecule has 0 spiro atoms. The molecule has 0 aliphatic carbocycles. The second-order valence-corrected chi connectivity index (χ2v) is 4.09. The lowest BCUT2D eigenvalue weighted by atomic mass is 9.98. The number of hydrogen-bond acceptors (Lipinski definition) is 2. The maximum absolute atomic E-state index is 13.3. The highest BCUT2D eigenvalue weighted by Crippen LogP contribution is 2.25. The van der Waals surface area contributed by atoms with Crippen molar-refractivity contribution in [1.82, 2.24) is 0 Å². The first-order valence-corrected chi connectivity index (χ1v) is 5.15. The highest BCUT2D eigenvalue weighted by Gasteiger charge is 2.19. The van der Waals surface area contributed by atoms with Crippen molar-refractivity contribution in [3.8, 4) is 0 Å². The zero-order chi connectivity index (χ0) is 11.6. The molecule has 0 saturated heterocycles. The van der Waals surface area contributed by atoms with Crippen molar-refractivity contribution >= 4 is 21.9 Å². The molecule has 5 heteroatoms. The molecule has 1 aromatic carbocycles. The first-order chi connectivity index (χ1) is 6.97. The van der Waals surface area contributed by atoms with E-state index in [0.29, 0.717) is 15.6 Å². The molecule has 1 atom stereocenters. The van der Waals surface area contributed by atoms with Crippen LogP contribution in [0, 0.1) is 12.7 Å². The summed E-state index contributed by atoms with van der Waals surface area (Å²) in [5, 5.41) is 8.86. The summed E-state index contributed by atoms with van der Waals surface area (Å²) in [6, 6.07) is 2.80. The molecule has 1 rings (SSSR count). The van der Waals surface area contributed by atoms with Gasteiger partial charge in [-0.1, -0.05) is 15.9 Å². The Labute approximate surface area is 95.2 Å². The average molecular weight is 276 g/mol. The Bertz CT molecular complexity index is 372. The van der Waals surface area contributed by atoms with Gasteiger partial charge in [-0.15, -0.1) is 0 Å². The molecule has 1 unspecified atom stereocenters. The van der Waals surface area contributed by atoms with Crippen molar-refractivity contribution < 1.29 is 14.3 Å². The molecule has 0 aliphatic rings. The number of carboxylic acid groups (broad SMARTS) is 1. The molecule has 0 fully saturated rings. The van der Waals surface area contributed by atoms with E-state index < -0.39 is 17.7 Å². The molecule has 0 aromatic heterocycles. The number of rotatable bonds is 3. The molecule has 0 aliphatic heterocycles. The minimum atomic E-state index is -1.05. The van der Waals surface area contributed by atoms with Crippen molar-refractivity contribution in [3.05, 3.63) is 33.5 Å². The summed E-state index contributed by atoms with van der Waals surface area (Å²) < 4.78 is 13.9. The van der Waals surface area contributed by atoms with E-state index >= 15 is 0 Å². The van der Waals surface area contributed by atoms with E-state index in [1.165, 1.54) is 6.07 Å².